The molecule has 3 aromatic rings. The van der Waals surface area contributed by atoms with Gasteiger partial charge in [0.1, 0.15) is 0 Å². The first-order valence-corrected chi connectivity index (χ1v) is 14.8. The number of aromatic carboxylic acids is 1. The molecule has 0 aromatic heterocycles. The van der Waals surface area contributed by atoms with E-state index in [-0.39, 0.29) is 29.5 Å². The second kappa shape index (κ2) is 11.0. The van der Waals surface area contributed by atoms with E-state index in [1.807, 2.05) is 74.5 Å². The van der Waals surface area contributed by atoms with Crippen molar-refractivity contribution in [1.82, 2.24) is 0 Å². The van der Waals surface area contributed by atoms with E-state index in [0.29, 0.717) is 18.7 Å². The van der Waals surface area contributed by atoms with Gasteiger partial charge >= 0.3 is 5.97 Å². The minimum atomic E-state index is -3.01. The van der Waals surface area contributed by atoms with Gasteiger partial charge < -0.3 is 19.2 Å². The summed E-state index contributed by atoms with van der Waals surface area (Å²) in [6.45, 7) is 10.7. The Morgan fingerprint density at radius 2 is 1.47 bits per heavy atom. The molecule has 1 N–H and O–H groups in total. The van der Waals surface area contributed by atoms with Crippen molar-refractivity contribution in [2.45, 2.75) is 58.5 Å². The fourth-order valence-corrected chi connectivity index (χ4v) is 10.1. The first kappa shape index (κ1) is 27.9. The fraction of sp³-hybridized carbons (Fsp3) is 0.367. The van der Waals surface area contributed by atoms with Crippen LogP contribution in [0.2, 0.25) is 5.04 Å². The molecule has 2 unspecified atom stereocenters. The van der Waals surface area contributed by atoms with Crippen LogP contribution in [0.15, 0.2) is 66.7 Å². The zero-order chi connectivity index (χ0) is 27.7. The maximum Gasteiger partial charge on any atom is 0.338 e. The molecule has 1 aliphatic rings. The number of anilines is 1. The van der Waals surface area contributed by atoms with Crippen LogP contribution in [-0.2, 0) is 15.8 Å². The Morgan fingerprint density at radius 1 is 0.974 bits per heavy atom. The summed E-state index contributed by atoms with van der Waals surface area (Å²) in [5.74, 6) is -4.07. The largest absolute Gasteiger partial charge is 0.478 e. The molecule has 2 atom stereocenters. The zero-order valence-electron chi connectivity index (χ0n) is 22.5. The van der Waals surface area contributed by atoms with E-state index in [1.165, 1.54) is 6.07 Å². The summed E-state index contributed by atoms with van der Waals surface area (Å²) in [4.78, 5) is 13.6. The van der Waals surface area contributed by atoms with Crippen molar-refractivity contribution in [3.05, 3.63) is 89.5 Å². The van der Waals surface area contributed by atoms with Crippen molar-refractivity contribution < 1.29 is 27.8 Å². The van der Waals surface area contributed by atoms with E-state index in [0.717, 1.165) is 10.4 Å². The molecule has 3 aromatic carbocycles. The van der Waals surface area contributed by atoms with Crippen LogP contribution in [0.25, 0.3) is 0 Å². The summed E-state index contributed by atoms with van der Waals surface area (Å²) >= 11 is 0. The number of carbonyl (C=O) groups is 1. The topological polar surface area (TPSA) is 59.0 Å². The van der Waals surface area contributed by atoms with Crippen LogP contribution >= 0.6 is 0 Å². The van der Waals surface area contributed by atoms with E-state index >= 15 is 4.39 Å². The highest BCUT2D eigenvalue weighted by molar-refractivity contribution is 6.99. The number of ether oxygens (including phenoxy) is 1. The quantitative estimate of drug-likeness (QED) is 0.410. The number of benzene rings is 3. The molecular formula is C30H35F2NO4Si. The van der Waals surface area contributed by atoms with E-state index in [9.17, 15) is 14.3 Å². The highest BCUT2D eigenvalue weighted by Crippen LogP contribution is 2.39. The summed E-state index contributed by atoms with van der Waals surface area (Å²) in [6.07, 6.45) is -0.406. The Morgan fingerprint density at radius 3 is 1.92 bits per heavy atom. The van der Waals surface area contributed by atoms with Gasteiger partial charge in [-0.05, 0) is 35.3 Å². The third-order valence-electron chi connectivity index (χ3n) is 7.09. The average Bonchev–Trinajstić information content (AvgIpc) is 2.86. The molecular weight excluding hydrogens is 504 g/mol. The summed E-state index contributed by atoms with van der Waals surface area (Å²) < 4.78 is 43.4. The summed E-state index contributed by atoms with van der Waals surface area (Å²) in [5, 5.41) is 11.4. The molecule has 0 spiro atoms. The van der Waals surface area contributed by atoms with E-state index in [2.05, 4.69) is 20.8 Å². The molecule has 1 heterocycles. The number of nitrogens with zero attached hydrogens (tertiary/aromatic N) is 1. The van der Waals surface area contributed by atoms with Crippen LogP contribution < -0.4 is 15.3 Å². The maximum absolute atomic E-state index is 15.7. The summed E-state index contributed by atoms with van der Waals surface area (Å²) in [5.41, 5.74) is -0.371. The molecule has 1 aliphatic heterocycles. The smallest absolute Gasteiger partial charge is 0.338 e. The molecule has 1 fully saturated rings. The Labute approximate surface area is 224 Å². The lowest BCUT2D eigenvalue weighted by molar-refractivity contribution is -0.00554. The molecule has 38 heavy (non-hydrogen) atoms. The Kier molecular flexibility index (Phi) is 8.06. The fourth-order valence-electron chi connectivity index (χ4n) is 5.58. The molecule has 0 radical (unpaired) electrons. The molecule has 8 heteroatoms. The van der Waals surface area contributed by atoms with Gasteiger partial charge in [0.25, 0.3) is 8.32 Å². The third kappa shape index (κ3) is 5.25. The second-order valence-corrected chi connectivity index (χ2v) is 15.3. The maximum atomic E-state index is 15.7. The van der Waals surface area contributed by atoms with Crippen LogP contribution in [0.5, 0.6) is 0 Å². The Hall–Kier alpha value is -3.07. The van der Waals surface area contributed by atoms with Crippen LogP contribution in [0, 0.1) is 11.6 Å². The van der Waals surface area contributed by atoms with Crippen molar-refractivity contribution in [2.75, 3.05) is 18.0 Å². The predicted octanol–water partition coefficient (Wildman–Crippen LogP) is 5.35. The number of rotatable bonds is 7. The van der Waals surface area contributed by atoms with Gasteiger partial charge in [-0.15, -0.1) is 0 Å². The number of carboxylic acids is 1. The molecule has 0 amide bonds. The number of halogens is 2. The van der Waals surface area contributed by atoms with Gasteiger partial charge in [-0.25, -0.2) is 13.6 Å². The number of hydrogen-bond acceptors (Lipinski definition) is 4. The van der Waals surface area contributed by atoms with Crippen molar-refractivity contribution >= 4 is 30.3 Å². The SMILES string of the molecule is CC1CN(c2c(CO[Si](c3ccccc3)(c3ccccc3)C(C)(C)C)cc(C(=O)O)c(F)c2F)CC(C)O1. The summed E-state index contributed by atoms with van der Waals surface area (Å²) in [7, 11) is -3.01. The van der Waals surface area contributed by atoms with Crippen LogP contribution in [0.1, 0.15) is 50.5 Å². The number of carboxylic acid groups (broad SMARTS) is 1. The summed E-state index contributed by atoms with van der Waals surface area (Å²) in [6, 6.07) is 21.2. The minimum Gasteiger partial charge on any atom is -0.478 e. The normalized spacial score (nSPS) is 18.4. The molecule has 4 rings (SSSR count). The van der Waals surface area contributed by atoms with Gasteiger partial charge in [-0.2, -0.15) is 0 Å². The van der Waals surface area contributed by atoms with Crippen molar-refractivity contribution in [3.63, 3.8) is 0 Å². The first-order valence-electron chi connectivity index (χ1n) is 12.8. The molecule has 0 saturated carbocycles. The second-order valence-electron chi connectivity index (χ2n) is 11.0. The molecule has 0 aliphatic carbocycles. The van der Waals surface area contributed by atoms with Crippen LogP contribution in [0.4, 0.5) is 14.5 Å². The van der Waals surface area contributed by atoms with Crippen molar-refractivity contribution in [1.29, 1.82) is 0 Å². The lowest BCUT2D eigenvalue weighted by Gasteiger charge is -2.43. The van der Waals surface area contributed by atoms with Gasteiger partial charge in [0, 0.05) is 18.7 Å². The van der Waals surface area contributed by atoms with Gasteiger partial charge in [0.2, 0.25) is 0 Å². The monoisotopic (exact) mass is 539 g/mol. The molecule has 1 saturated heterocycles. The van der Waals surface area contributed by atoms with Crippen LogP contribution in [0.3, 0.4) is 0 Å². The van der Waals surface area contributed by atoms with Crippen molar-refractivity contribution in [3.8, 4) is 0 Å². The number of morpholine rings is 1. The Balaban J connectivity index is 1.88. The third-order valence-corrected chi connectivity index (χ3v) is 12.1. The highest BCUT2D eigenvalue weighted by atomic mass is 28.4. The predicted molar refractivity (Wildman–Crippen MR) is 148 cm³/mol. The van der Waals surface area contributed by atoms with Gasteiger partial charge in [0.05, 0.1) is 30.1 Å². The Bertz CT molecular complexity index is 1230. The van der Waals surface area contributed by atoms with E-state index in [1.54, 1.807) is 4.90 Å². The number of hydrogen-bond donors (Lipinski definition) is 1. The van der Waals surface area contributed by atoms with Gasteiger partial charge in [0.15, 0.2) is 11.6 Å². The standard InChI is InChI=1S/C30H35F2NO4Si/c1-20-17-33(18-21(2)37-20)28-22(16-25(29(34)35)26(31)27(28)32)19-36-38(30(3,4)5,23-12-8-6-9-13-23)24-14-10-7-11-15-24/h6-16,20-21H,17-19H2,1-5H3,(H,34,35). The molecule has 202 valence electrons. The molecule has 5 nitrogen and oxygen atoms in total. The first-order chi connectivity index (χ1) is 18.0. The zero-order valence-corrected chi connectivity index (χ0v) is 23.5. The van der Waals surface area contributed by atoms with Crippen molar-refractivity contribution in [2.24, 2.45) is 0 Å². The van der Waals surface area contributed by atoms with Gasteiger partial charge in [-0.1, -0.05) is 81.4 Å². The molecule has 0 bridgehead atoms. The minimum absolute atomic E-state index is 0.0347. The lowest BCUT2D eigenvalue weighted by Crippen LogP contribution is -2.66. The average molecular weight is 540 g/mol. The highest BCUT2D eigenvalue weighted by Gasteiger charge is 2.50. The van der Waals surface area contributed by atoms with E-state index < -0.39 is 31.5 Å². The van der Waals surface area contributed by atoms with E-state index in [4.69, 9.17) is 9.16 Å². The van der Waals surface area contributed by atoms with Gasteiger partial charge in [-0.3, -0.25) is 0 Å². The lowest BCUT2D eigenvalue weighted by atomic mass is 10.0. The van der Waals surface area contributed by atoms with Crippen LogP contribution in [-0.4, -0.2) is 44.7 Å².